The van der Waals surface area contributed by atoms with Gasteiger partial charge in [0.15, 0.2) is 5.82 Å². The summed E-state index contributed by atoms with van der Waals surface area (Å²) >= 11 is 0. The molecule has 5 heteroatoms. The molecular weight excluding hydrogens is 250 g/mol. The Kier molecular flexibility index (Phi) is 3.53. The lowest BCUT2D eigenvalue weighted by Crippen LogP contribution is -2.20. The van der Waals surface area contributed by atoms with Gasteiger partial charge in [0.2, 0.25) is 0 Å². The summed E-state index contributed by atoms with van der Waals surface area (Å²) in [6.45, 7) is 5.16. The molecule has 0 spiro atoms. The molecule has 0 radical (unpaired) electrons. The average molecular weight is 271 g/mol. The Morgan fingerprint density at radius 1 is 1.25 bits per heavy atom. The average Bonchev–Trinajstić information content (AvgIpc) is 3.13. The molecule has 2 heterocycles. The third kappa shape index (κ3) is 2.72. The number of hydrogen-bond acceptors (Lipinski definition) is 4. The lowest BCUT2D eigenvalue weighted by atomic mass is 10.1. The van der Waals surface area contributed by atoms with Gasteiger partial charge in [-0.3, -0.25) is 0 Å². The highest BCUT2D eigenvalue weighted by atomic mass is 15.1. The van der Waals surface area contributed by atoms with Crippen LogP contribution in [-0.2, 0) is 13.5 Å². The van der Waals surface area contributed by atoms with Crippen molar-refractivity contribution in [1.29, 1.82) is 0 Å². The zero-order valence-corrected chi connectivity index (χ0v) is 12.3. The minimum atomic E-state index is 0.755. The van der Waals surface area contributed by atoms with Crippen molar-refractivity contribution in [3.05, 3.63) is 29.5 Å². The molecule has 0 saturated heterocycles. The summed E-state index contributed by atoms with van der Waals surface area (Å²) in [6.07, 6.45) is 7.24. The molecule has 2 aromatic rings. The molecule has 0 amide bonds. The number of hydrogen-bond donors (Lipinski definition) is 1. The lowest BCUT2D eigenvalue weighted by molar-refractivity contribution is 0.675. The summed E-state index contributed by atoms with van der Waals surface area (Å²) in [7, 11) is 1.96. The third-order valence-corrected chi connectivity index (χ3v) is 3.85. The summed E-state index contributed by atoms with van der Waals surface area (Å²) < 4.78 is 1.95. The van der Waals surface area contributed by atoms with Gasteiger partial charge < -0.3 is 9.88 Å². The first-order chi connectivity index (χ1) is 9.65. The molecule has 2 aromatic heterocycles. The van der Waals surface area contributed by atoms with Gasteiger partial charge in [0.25, 0.3) is 0 Å². The van der Waals surface area contributed by atoms with Crippen molar-refractivity contribution in [2.45, 2.75) is 39.2 Å². The normalized spacial score (nSPS) is 14.8. The molecule has 1 aliphatic carbocycles. The first-order valence-electron chi connectivity index (χ1n) is 7.19. The first-order valence-corrected chi connectivity index (χ1v) is 7.19. The molecule has 1 fully saturated rings. The van der Waals surface area contributed by atoms with Crippen molar-refractivity contribution in [2.24, 2.45) is 7.05 Å². The molecule has 0 unspecified atom stereocenters. The monoisotopic (exact) mass is 271 g/mol. The SMILES string of the molecule is Cc1nc(-c2cncn2C)nc(C)c1CCNC1CC1. The fraction of sp³-hybridized carbons (Fsp3) is 0.533. The van der Waals surface area contributed by atoms with Gasteiger partial charge in [-0.1, -0.05) is 0 Å². The van der Waals surface area contributed by atoms with Crippen LogP contribution in [0, 0.1) is 13.8 Å². The van der Waals surface area contributed by atoms with Crippen LogP contribution < -0.4 is 5.32 Å². The minimum absolute atomic E-state index is 0.755. The quantitative estimate of drug-likeness (QED) is 0.900. The Morgan fingerprint density at radius 3 is 2.50 bits per heavy atom. The van der Waals surface area contributed by atoms with E-state index in [4.69, 9.17) is 0 Å². The molecule has 106 valence electrons. The van der Waals surface area contributed by atoms with Crippen LogP contribution in [-0.4, -0.2) is 32.1 Å². The summed E-state index contributed by atoms with van der Waals surface area (Å²) in [5.74, 6) is 0.763. The van der Waals surface area contributed by atoms with E-state index in [1.165, 1.54) is 18.4 Å². The highest BCUT2D eigenvalue weighted by molar-refractivity contribution is 5.50. The van der Waals surface area contributed by atoms with Crippen LogP contribution in [0.15, 0.2) is 12.5 Å². The standard InChI is InChI=1S/C15H21N5/c1-10-13(6-7-17-12-4-5-12)11(2)19-15(18-10)14-8-16-9-20(14)3/h8-9,12,17H,4-7H2,1-3H3. The van der Waals surface area contributed by atoms with Crippen molar-refractivity contribution >= 4 is 0 Å². The molecule has 1 aliphatic rings. The van der Waals surface area contributed by atoms with Gasteiger partial charge in [0.05, 0.1) is 12.5 Å². The summed E-state index contributed by atoms with van der Waals surface area (Å²) in [5.41, 5.74) is 4.38. The molecule has 0 aliphatic heterocycles. The molecule has 3 rings (SSSR count). The molecule has 1 N–H and O–H groups in total. The van der Waals surface area contributed by atoms with Gasteiger partial charge >= 0.3 is 0 Å². The van der Waals surface area contributed by atoms with Gasteiger partial charge in [0, 0.05) is 24.5 Å². The van der Waals surface area contributed by atoms with E-state index in [9.17, 15) is 0 Å². The van der Waals surface area contributed by atoms with Crippen molar-refractivity contribution in [3.8, 4) is 11.5 Å². The number of aryl methyl sites for hydroxylation is 3. The van der Waals surface area contributed by atoms with Crippen LogP contribution in [0.5, 0.6) is 0 Å². The van der Waals surface area contributed by atoms with E-state index in [0.717, 1.165) is 41.9 Å². The van der Waals surface area contributed by atoms with E-state index >= 15 is 0 Å². The van der Waals surface area contributed by atoms with Gasteiger partial charge in [-0.15, -0.1) is 0 Å². The molecular formula is C15H21N5. The summed E-state index contributed by atoms with van der Waals surface area (Å²) in [4.78, 5) is 13.4. The van der Waals surface area contributed by atoms with E-state index in [1.807, 2.05) is 17.8 Å². The molecule has 0 bridgehead atoms. The summed E-state index contributed by atoms with van der Waals surface area (Å²) in [5, 5.41) is 3.54. The number of rotatable bonds is 5. The van der Waals surface area contributed by atoms with Crippen LogP contribution in [0.4, 0.5) is 0 Å². The van der Waals surface area contributed by atoms with Gasteiger partial charge in [-0.05, 0) is 45.2 Å². The second-order valence-corrected chi connectivity index (χ2v) is 5.56. The Balaban J connectivity index is 1.80. The first kappa shape index (κ1) is 13.2. The highest BCUT2D eigenvalue weighted by Gasteiger charge is 2.20. The van der Waals surface area contributed by atoms with Crippen LogP contribution in [0.2, 0.25) is 0 Å². The van der Waals surface area contributed by atoms with Crippen molar-refractivity contribution in [3.63, 3.8) is 0 Å². The van der Waals surface area contributed by atoms with Gasteiger partial charge in [-0.2, -0.15) is 0 Å². The summed E-state index contributed by atoms with van der Waals surface area (Å²) in [6, 6.07) is 0.755. The third-order valence-electron chi connectivity index (χ3n) is 3.85. The zero-order valence-electron chi connectivity index (χ0n) is 12.3. The van der Waals surface area contributed by atoms with Crippen molar-refractivity contribution < 1.29 is 0 Å². The lowest BCUT2D eigenvalue weighted by Gasteiger charge is -2.11. The fourth-order valence-corrected chi connectivity index (χ4v) is 2.48. The second kappa shape index (κ2) is 5.32. The number of aromatic nitrogens is 4. The molecule has 0 aromatic carbocycles. The van der Waals surface area contributed by atoms with Crippen molar-refractivity contribution in [1.82, 2.24) is 24.8 Å². The van der Waals surface area contributed by atoms with Crippen LogP contribution in [0.3, 0.4) is 0 Å². The topological polar surface area (TPSA) is 55.6 Å². The van der Waals surface area contributed by atoms with E-state index in [-0.39, 0.29) is 0 Å². The Labute approximate surface area is 119 Å². The van der Waals surface area contributed by atoms with Crippen molar-refractivity contribution in [2.75, 3.05) is 6.54 Å². The van der Waals surface area contributed by atoms with E-state index in [0.29, 0.717) is 0 Å². The molecule has 0 atom stereocenters. The van der Waals surface area contributed by atoms with Gasteiger partial charge in [-0.25, -0.2) is 15.0 Å². The minimum Gasteiger partial charge on any atom is -0.331 e. The van der Waals surface area contributed by atoms with Crippen LogP contribution >= 0.6 is 0 Å². The smallest absolute Gasteiger partial charge is 0.178 e. The maximum absolute atomic E-state index is 4.65. The largest absolute Gasteiger partial charge is 0.331 e. The predicted octanol–water partition coefficient (Wildman–Crippen LogP) is 1.79. The molecule has 1 saturated carbocycles. The number of nitrogens with zero attached hydrogens (tertiary/aromatic N) is 4. The van der Waals surface area contributed by atoms with E-state index in [1.54, 1.807) is 6.33 Å². The Morgan fingerprint density at radius 2 is 1.95 bits per heavy atom. The Hall–Kier alpha value is -1.75. The maximum Gasteiger partial charge on any atom is 0.178 e. The van der Waals surface area contributed by atoms with Gasteiger partial charge in [0.1, 0.15) is 5.69 Å². The Bertz CT molecular complexity index is 589. The number of imidazole rings is 1. The van der Waals surface area contributed by atoms with E-state index in [2.05, 4.69) is 34.1 Å². The van der Waals surface area contributed by atoms with Crippen LogP contribution in [0.1, 0.15) is 29.8 Å². The fourth-order valence-electron chi connectivity index (χ4n) is 2.48. The number of nitrogens with one attached hydrogen (secondary N) is 1. The van der Waals surface area contributed by atoms with E-state index < -0.39 is 0 Å². The second-order valence-electron chi connectivity index (χ2n) is 5.56. The highest BCUT2D eigenvalue weighted by Crippen LogP contribution is 2.20. The molecule has 5 nitrogen and oxygen atoms in total. The predicted molar refractivity (Wildman–Crippen MR) is 78.4 cm³/mol. The maximum atomic E-state index is 4.65. The molecule has 20 heavy (non-hydrogen) atoms. The van der Waals surface area contributed by atoms with Crippen LogP contribution in [0.25, 0.3) is 11.5 Å². The zero-order chi connectivity index (χ0) is 14.1.